The highest BCUT2D eigenvalue weighted by Crippen LogP contribution is 2.32. The highest BCUT2D eigenvalue weighted by Gasteiger charge is 2.33. The quantitative estimate of drug-likeness (QED) is 0.215. The summed E-state index contributed by atoms with van der Waals surface area (Å²) in [5.74, 6) is 5.79. The number of carboxylic acid groups (broad SMARTS) is 1. The number of alkyl halides is 4. The van der Waals surface area contributed by atoms with E-state index >= 15 is 0 Å². The van der Waals surface area contributed by atoms with Crippen molar-refractivity contribution >= 4 is 39.5 Å². The van der Waals surface area contributed by atoms with Crippen LogP contribution in [0, 0.1) is 11.8 Å². The monoisotopic (exact) mass is 581 g/mol. The van der Waals surface area contributed by atoms with Crippen molar-refractivity contribution in [3.05, 3.63) is 48.2 Å². The molecule has 1 fully saturated rings. The summed E-state index contributed by atoms with van der Waals surface area (Å²) in [7, 11) is 1.37. The summed E-state index contributed by atoms with van der Waals surface area (Å²) in [5, 5.41) is 15.5. The first kappa shape index (κ1) is 29.0. The predicted molar refractivity (Wildman–Crippen MR) is 140 cm³/mol. The van der Waals surface area contributed by atoms with Gasteiger partial charge < -0.3 is 34.5 Å². The number of benzene rings is 2. The molecule has 3 atom stereocenters. The predicted octanol–water partition coefficient (Wildman–Crippen LogP) is 4.42. The molecule has 3 N–H and O–H groups in total. The van der Waals surface area contributed by atoms with Crippen molar-refractivity contribution in [2.45, 2.75) is 36.3 Å². The van der Waals surface area contributed by atoms with Crippen LogP contribution < -0.4 is 15.4 Å². The van der Waals surface area contributed by atoms with Crippen LogP contribution in [0.3, 0.4) is 0 Å². The number of likely N-dealkylation sites (tertiary alicyclic amines) is 1. The number of methoxy groups -OCH3 is 1. The van der Waals surface area contributed by atoms with E-state index in [0.717, 1.165) is 9.47 Å². The van der Waals surface area contributed by atoms with Gasteiger partial charge in [-0.1, -0.05) is 12.0 Å². The Morgan fingerprint density at radius 2 is 2.02 bits per heavy atom. The van der Waals surface area contributed by atoms with Gasteiger partial charge in [-0.05, 0) is 59.8 Å². The zero-order chi connectivity index (χ0) is 29.0. The van der Waals surface area contributed by atoms with Crippen LogP contribution in [0.5, 0.6) is 5.75 Å². The van der Waals surface area contributed by atoms with Gasteiger partial charge in [-0.15, -0.1) is 0 Å². The number of hydrogen-bond donors (Lipinski definition) is 3. The van der Waals surface area contributed by atoms with Crippen LogP contribution in [0.25, 0.3) is 10.9 Å². The second kappa shape index (κ2) is 12.1. The Morgan fingerprint density at radius 3 is 2.67 bits per heavy atom. The smallest absolute Gasteiger partial charge is 0.407 e. The maximum Gasteiger partial charge on any atom is 0.407 e. The van der Waals surface area contributed by atoms with Crippen molar-refractivity contribution in [1.29, 1.82) is 0 Å². The lowest BCUT2D eigenvalue weighted by molar-refractivity contribution is -0.140. The van der Waals surface area contributed by atoms with E-state index in [0.29, 0.717) is 16.8 Å². The molecule has 40 heavy (non-hydrogen) atoms. The molecule has 3 aromatic rings. The van der Waals surface area contributed by atoms with Crippen LogP contribution in [0.2, 0.25) is 0 Å². The molecule has 1 aromatic heterocycles. The summed E-state index contributed by atoms with van der Waals surface area (Å²) in [4.78, 5) is 12.2. The number of aromatic nitrogens is 1. The molecule has 0 saturated carbocycles. The summed E-state index contributed by atoms with van der Waals surface area (Å²) in [6.45, 7) is -1.45. The number of ether oxygens (including phenoxy) is 1. The molecule has 1 amide bonds. The molecule has 0 aliphatic carbocycles. The van der Waals surface area contributed by atoms with E-state index in [-0.39, 0.29) is 47.9 Å². The molecular weight excluding hydrogens is 556 g/mol. The zero-order valence-corrected chi connectivity index (χ0v) is 21.9. The molecule has 2 heterocycles. The van der Waals surface area contributed by atoms with E-state index in [1.165, 1.54) is 37.4 Å². The van der Waals surface area contributed by atoms with E-state index in [4.69, 9.17) is 9.84 Å². The summed E-state index contributed by atoms with van der Waals surface area (Å²) >= 11 is -2.44. The van der Waals surface area contributed by atoms with Crippen LogP contribution in [-0.2, 0) is 17.6 Å². The Kier molecular flexibility index (Phi) is 8.75. The van der Waals surface area contributed by atoms with E-state index in [9.17, 15) is 31.1 Å². The van der Waals surface area contributed by atoms with Crippen molar-refractivity contribution in [3.63, 3.8) is 0 Å². The van der Waals surface area contributed by atoms with Crippen LogP contribution in [0.15, 0.2) is 47.4 Å². The molecule has 4 rings (SSSR count). The molecule has 1 aliphatic heterocycles. The standard InChI is InChI=1S/C26H26F4N4O5S/c1-39-24-13-17(40(37)38)7-8-22(24)31-10-3-4-16-12-18-20(5-2-6-23(18)34(16)15-26(28,29)30)32-21-9-11-33(25(35)36)14-19(21)27/h2,5-8,12-13,19,21,31-32H,9-11,14-15H2,1H3,(H,35,36)(H,37,38)/p-1/t19-,21+/m1/s1. The topological polar surface area (TPSA) is 119 Å². The van der Waals surface area contributed by atoms with Crippen molar-refractivity contribution in [1.82, 2.24) is 9.47 Å². The van der Waals surface area contributed by atoms with E-state index < -0.39 is 42.1 Å². The minimum atomic E-state index is -4.53. The lowest BCUT2D eigenvalue weighted by atomic mass is 10.0. The van der Waals surface area contributed by atoms with Crippen molar-refractivity contribution in [2.24, 2.45) is 0 Å². The van der Waals surface area contributed by atoms with Gasteiger partial charge in [0.25, 0.3) is 0 Å². The number of carbonyl (C=O) groups is 1. The number of hydrogen-bond acceptors (Lipinski definition) is 6. The van der Waals surface area contributed by atoms with Gasteiger partial charge in [-0.3, -0.25) is 4.21 Å². The van der Waals surface area contributed by atoms with Gasteiger partial charge in [0, 0.05) is 22.5 Å². The molecular formula is C26H25F4N4O5S-. The molecule has 0 spiro atoms. The number of amides is 1. The van der Waals surface area contributed by atoms with Crippen LogP contribution in [0.4, 0.5) is 33.7 Å². The van der Waals surface area contributed by atoms with Gasteiger partial charge in [0.2, 0.25) is 0 Å². The Bertz CT molecular complexity index is 1480. The van der Waals surface area contributed by atoms with Gasteiger partial charge in [0.1, 0.15) is 18.5 Å². The lowest BCUT2D eigenvalue weighted by Crippen LogP contribution is -2.49. The molecule has 14 heteroatoms. The first-order valence-corrected chi connectivity index (χ1v) is 13.1. The summed E-state index contributed by atoms with van der Waals surface area (Å²) in [6, 6.07) is 9.65. The molecule has 9 nitrogen and oxygen atoms in total. The Hall–Kier alpha value is -3.96. The fourth-order valence-electron chi connectivity index (χ4n) is 4.50. The maximum absolute atomic E-state index is 14.7. The number of halogens is 4. The van der Waals surface area contributed by atoms with Crippen LogP contribution in [0.1, 0.15) is 12.1 Å². The number of piperidine rings is 1. The molecule has 2 aromatic carbocycles. The Morgan fingerprint density at radius 1 is 1.25 bits per heavy atom. The third-order valence-corrected chi connectivity index (χ3v) is 7.02. The van der Waals surface area contributed by atoms with E-state index in [2.05, 4.69) is 22.5 Å². The third-order valence-electron chi connectivity index (χ3n) is 6.39. The fourth-order valence-corrected chi connectivity index (χ4v) is 4.88. The number of anilines is 2. The minimum Gasteiger partial charge on any atom is -0.768 e. The number of rotatable bonds is 7. The van der Waals surface area contributed by atoms with Gasteiger partial charge in [0.15, 0.2) is 0 Å². The summed E-state index contributed by atoms with van der Waals surface area (Å²) in [6.07, 6.45) is -7.04. The average molecular weight is 582 g/mol. The lowest BCUT2D eigenvalue weighted by Gasteiger charge is -2.34. The van der Waals surface area contributed by atoms with E-state index in [1.807, 2.05) is 0 Å². The van der Waals surface area contributed by atoms with Gasteiger partial charge in [0.05, 0.1) is 43.1 Å². The highest BCUT2D eigenvalue weighted by molar-refractivity contribution is 7.79. The largest absolute Gasteiger partial charge is 0.768 e. The summed E-state index contributed by atoms with van der Waals surface area (Å²) < 4.78 is 83.7. The second-order valence-corrected chi connectivity index (χ2v) is 9.95. The highest BCUT2D eigenvalue weighted by atomic mass is 32.2. The molecule has 1 unspecified atom stereocenters. The molecule has 0 bridgehead atoms. The SMILES string of the molecule is COc1cc(S(=O)[O-])ccc1NCC#Cc1cc2c(N[C@H]3CCN(C(=O)O)C[C@H]3F)cccc2n1CC(F)(F)F. The molecule has 0 radical (unpaired) electrons. The van der Waals surface area contributed by atoms with Crippen molar-refractivity contribution < 1.29 is 41.0 Å². The number of nitrogens with one attached hydrogen (secondary N) is 2. The van der Waals surface area contributed by atoms with Crippen LogP contribution in [-0.4, -0.2) is 74.6 Å². The van der Waals surface area contributed by atoms with Gasteiger partial charge >= 0.3 is 12.3 Å². The average Bonchev–Trinajstić information content (AvgIpc) is 3.24. The minimum absolute atomic E-state index is 0.0144. The molecule has 1 saturated heterocycles. The maximum atomic E-state index is 14.7. The fraction of sp³-hybridized carbons (Fsp3) is 0.346. The first-order chi connectivity index (χ1) is 19.0. The number of nitrogens with zero attached hydrogens (tertiary/aromatic N) is 2. The molecule has 214 valence electrons. The van der Waals surface area contributed by atoms with Crippen molar-refractivity contribution in [2.75, 3.05) is 37.4 Å². The second-order valence-electron chi connectivity index (χ2n) is 9.01. The summed E-state index contributed by atoms with van der Waals surface area (Å²) in [5.41, 5.74) is 1.20. The van der Waals surface area contributed by atoms with Gasteiger partial charge in [-0.25, -0.2) is 9.18 Å². The Labute approximate surface area is 229 Å². The number of fused-ring (bicyclic) bond motifs is 1. The van der Waals surface area contributed by atoms with Crippen LogP contribution >= 0.6 is 0 Å². The third kappa shape index (κ3) is 6.78. The van der Waals surface area contributed by atoms with Crippen molar-refractivity contribution in [3.8, 4) is 17.6 Å². The molecule has 1 aliphatic rings. The van der Waals surface area contributed by atoms with Gasteiger partial charge in [-0.2, -0.15) is 13.2 Å². The Balaban J connectivity index is 1.59. The first-order valence-electron chi connectivity index (χ1n) is 12.0. The zero-order valence-electron chi connectivity index (χ0n) is 21.1. The normalized spacial score (nSPS) is 18.1. The van der Waals surface area contributed by atoms with E-state index in [1.54, 1.807) is 12.1 Å².